The maximum absolute atomic E-state index is 13.5. The Balaban J connectivity index is 1.60. The third-order valence-corrected chi connectivity index (χ3v) is 8.83. The number of halogens is 1. The number of carboxylic acid groups (broad SMARTS) is 1. The molecule has 43 heavy (non-hydrogen) atoms. The largest absolute Gasteiger partial charge is 0.488 e. The Morgan fingerprint density at radius 1 is 1.14 bits per heavy atom. The zero-order valence-corrected chi connectivity index (χ0v) is 25.1. The lowest BCUT2D eigenvalue weighted by Crippen LogP contribution is -2.47. The second-order valence-electron chi connectivity index (χ2n) is 11.0. The normalized spacial score (nSPS) is 18.2. The van der Waals surface area contributed by atoms with E-state index in [1.165, 1.54) is 12.1 Å². The van der Waals surface area contributed by atoms with Crippen molar-refractivity contribution in [1.29, 1.82) is 0 Å². The Bertz CT molecular complexity index is 1550. The number of anilines is 1. The van der Waals surface area contributed by atoms with Gasteiger partial charge in [0.05, 0.1) is 29.5 Å². The van der Waals surface area contributed by atoms with Crippen LogP contribution < -0.4 is 9.46 Å². The van der Waals surface area contributed by atoms with Crippen LogP contribution in [0.5, 0.6) is 5.75 Å². The zero-order valence-electron chi connectivity index (χ0n) is 24.2. The highest BCUT2D eigenvalue weighted by Gasteiger charge is 2.31. The number of aromatic carboxylic acids is 1. The zero-order chi connectivity index (χ0) is 31.3. The highest BCUT2D eigenvalue weighted by molar-refractivity contribution is 7.92. The van der Waals surface area contributed by atoms with Gasteiger partial charge in [-0.15, -0.1) is 0 Å². The number of likely N-dealkylation sites (N-methyl/N-ethyl adjacent to an activating group) is 1. The minimum absolute atomic E-state index is 0.0724. The Kier molecular flexibility index (Phi) is 10.0. The van der Waals surface area contributed by atoms with Crippen molar-refractivity contribution < 1.29 is 37.3 Å². The lowest BCUT2D eigenvalue weighted by molar-refractivity contribution is -0.134. The molecule has 3 aromatic rings. The summed E-state index contributed by atoms with van der Waals surface area (Å²) in [7, 11) is -2.10. The molecule has 12 heteroatoms. The first-order valence-corrected chi connectivity index (χ1v) is 15.3. The number of carboxylic acids is 1. The summed E-state index contributed by atoms with van der Waals surface area (Å²) in [5.41, 5.74) is 1.82. The molecule has 1 aliphatic rings. The molecule has 1 heterocycles. The number of hydrogen-bond donors (Lipinski definition) is 3. The number of sulfonamides is 1. The van der Waals surface area contributed by atoms with Gasteiger partial charge in [0.25, 0.3) is 10.0 Å². The first kappa shape index (κ1) is 31.9. The van der Waals surface area contributed by atoms with Crippen LogP contribution in [0.2, 0.25) is 0 Å². The van der Waals surface area contributed by atoms with Gasteiger partial charge in [0.1, 0.15) is 17.7 Å². The molecular weight excluding hydrogens is 577 g/mol. The van der Waals surface area contributed by atoms with E-state index >= 15 is 0 Å². The summed E-state index contributed by atoms with van der Waals surface area (Å²) in [6.07, 6.45) is -0.458. The second kappa shape index (κ2) is 13.5. The molecule has 0 unspecified atom stereocenters. The Morgan fingerprint density at radius 3 is 2.44 bits per heavy atom. The van der Waals surface area contributed by atoms with Gasteiger partial charge in [0.15, 0.2) is 0 Å². The summed E-state index contributed by atoms with van der Waals surface area (Å²) in [6, 6.07) is 15.4. The molecule has 230 valence electrons. The van der Waals surface area contributed by atoms with Gasteiger partial charge in [-0.2, -0.15) is 0 Å². The van der Waals surface area contributed by atoms with Gasteiger partial charge in [-0.3, -0.25) is 14.4 Å². The van der Waals surface area contributed by atoms with E-state index in [4.69, 9.17) is 9.84 Å². The second-order valence-corrected chi connectivity index (χ2v) is 12.7. The Labute approximate surface area is 250 Å². The van der Waals surface area contributed by atoms with Gasteiger partial charge in [-0.25, -0.2) is 17.6 Å². The Morgan fingerprint density at radius 2 is 1.81 bits per heavy atom. The molecule has 0 radical (unpaired) electrons. The van der Waals surface area contributed by atoms with Crippen LogP contribution in [-0.4, -0.2) is 79.2 Å². The maximum atomic E-state index is 13.5. The number of nitrogens with zero attached hydrogens (tertiary/aromatic N) is 2. The van der Waals surface area contributed by atoms with Crippen molar-refractivity contribution in [2.75, 3.05) is 31.5 Å². The highest BCUT2D eigenvalue weighted by atomic mass is 32.2. The average Bonchev–Trinajstić information content (AvgIpc) is 3.00. The van der Waals surface area contributed by atoms with Gasteiger partial charge in [0.2, 0.25) is 5.91 Å². The summed E-state index contributed by atoms with van der Waals surface area (Å²) in [5, 5.41) is 19.0. The van der Waals surface area contributed by atoms with Crippen molar-refractivity contribution in [3.8, 4) is 5.75 Å². The molecule has 0 aromatic heterocycles. The predicted octanol–water partition coefficient (Wildman–Crippen LogP) is 3.61. The van der Waals surface area contributed by atoms with Crippen LogP contribution in [0.3, 0.4) is 0 Å². The third-order valence-electron chi connectivity index (χ3n) is 7.44. The van der Waals surface area contributed by atoms with Crippen LogP contribution in [-0.2, 0) is 27.8 Å². The number of ether oxygens (including phenoxy) is 1. The molecule has 1 aliphatic heterocycles. The number of benzene rings is 3. The van der Waals surface area contributed by atoms with E-state index in [-0.39, 0.29) is 47.1 Å². The summed E-state index contributed by atoms with van der Waals surface area (Å²) in [6.45, 7) is 4.85. The highest BCUT2D eigenvalue weighted by Crippen LogP contribution is 2.30. The molecule has 4 rings (SSSR count). The minimum atomic E-state index is -4.02. The van der Waals surface area contributed by atoms with Crippen LogP contribution in [0.25, 0.3) is 0 Å². The maximum Gasteiger partial charge on any atom is 0.335 e. The molecule has 0 saturated heterocycles. The standard InChI is InChI=1S/C31H36FN3O7S/c1-20-16-35(21(2)19-36)30(37)15-24-14-26(33-43(40,41)27-11-8-25(32)9-12-27)10-13-28(24)42-29(20)18-34(3)17-22-4-6-23(7-5-22)31(38)39/h4-14,20-21,29,33,36H,15-19H2,1-3H3,(H,38,39)/t20-,21-,29-/m1/s1. The predicted molar refractivity (Wildman–Crippen MR) is 159 cm³/mol. The van der Waals surface area contributed by atoms with E-state index < -0.39 is 27.9 Å². The van der Waals surface area contributed by atoms with Gasteiger partial charge < -0.3 is 19.8 Å². The molecule has 1 amide bonds. The monoisotopic (exact) mass is 613 g/mol. The van der Waals surface area contributed by atoms with E-state index in [1.54, 1.807) is 54.3 Å². The number of rotatable bonds is 10. The van der Waals surface area contributed by atoms with E-state index in [0.717, 1.165) is 17.7 Å². The molecule has 0 saturated carbocycles. The van der Waals surface area contributed by atoms with Gasteiger partial charge in [-0.1, -0.05) is 19.1 Å². The average molecular weight is 614 g/mol. The number of amides is 1. The fraction of sp³-hybridized carbons (Fsp3) is 0.355. The van der Waals surface area contributed by atoms with E-state index in [1.807, 2.05) is 18.9 Å². The van der Waals surface area contributed by atoms with Crippen molar-refractivity contribution in [1.82, 2.24) is 9.80 Å². The number of aliphatic hydroxyl groups excluding tert-OH is 1. The molecule has 3 N–H and O–H groups in total. The van der Waals surface area contributed by atoms with Gasteiger partial charge >= 0.3 is 5.97 Å². The van der Waals surface area contributed by atoms with Crippen molar-refractivity contribution in [2.24, 2.45) is 5.92 Å². The fourth-order valence-electron chi connectivity index (χ4n) is 4.97. The number of carbonyl (C=O) groups is 2. The first-order chi connectivity index (χ1) is 20.4. The van der Waals surface area contributed by atoms with Crippen LogP contribution >= 0.6 is 0 Å². The molecule has 0 bridgehead atoms. The van der Waals surface area contributed by atoms with E-state index in [9.17, 15) is 27.5 Å². The number of carbonyl (C=O) groups excluding carboxylic acids is 1. The van der Waals surface area contributed by atoms with E-state index in [0.29, 0.717) is 30.9 Å². The number of hydrogen-bond acceptors (Lipinski definition) is 7. The number of fused-ring (bicyclic) bond motifs is 1. The molecular formula is C31H36FN3O7S. The van der Waals surface area contributed by atoms with Gasteiger partial charge in [0, 0.05) is 36.8 Å². The SMILES string of the molecule is C[C@@H]1CN([C@H](C)CO)C(=O)Cc2cc(NS(=O)(=O)c3ccc(F)cc3)ccc2O[C@@H]1CN(C)Cc1ccc(C(=O)O)cc1. The molecule has 3 aromatic carbocycles. The lowest BCUT2D eigenvalue weighted by Gasteiger charge is -2.34. The van der Waals surface area contributed by atoms with Gasteiger partial charge in [-0.05, 0) is 74.1 Å². The fourth-order valence-corrected chi connectivity index (χ4v) is 6.02. The molecule has 0 fully saturated rings. The summed E-state index contributed by atoms with van der Waals surface area (Å²) >= 11 is 0. The van der Waals surface area contributed by atoms with Crippen LogP contribution in [0.15, 0.2) is 71.6 Å². The van der Waals surface area contributed by atoms with E-state index in [2.05, 4.69) is 4.72 Å². The number of nitrogens with one attached hydrogen (secondary N) is 1. The van der Waals surface area contributed by atoms with Crippen LogP contribution in [0, 0.1) is 11.7 Å². The van der Waals surface area contributed by atoms with Crippen molar-refractivity contribution >= 4 is 27.6 Å². The minimum Gasteiger partial charge on any atom is -0.488 e. The summed E-state index contributed by atoms with van der Waals surface area (Å²) in [5.74, 6) is -1.48. The van der Waals surface area contributed by atoms with Crippen LogP contribution in [0.1, 0.15) is 35.3 Å². The Hall–Kier alpha value is -4.00. The smallest absolute Gasteiger partial charge is 0.335 e. The van der Waals surface area contributed by atoms with Crippen molar-refractivity contribution in [3.63, 3.8) is 0 Å². The molecule has 10 nitrogen and oxygen atoms in total. The first-order valence-electron chi connectivity index (χ1n) is 13.9. The molecule has 3 atom stereocenters. The molecule has 0 spiro atoms. The molecule has 0 aliphatic carbocycles. The van der Waals surface area contributed by atoms with Crippen LogP contribution in [0.4, 0.5) is 10.1 Å². The van der Waals surface area contributed by atoms with Crippen molar-refractivity contribution in [3.05, 3.63) is 89.2 Å². The topological polar surface area (TPSA) is 136 Å². The lowest BCUT2D eigenvalue weighted by atomic mass is 10.0. The third kappa shape index (κ3) is 8.09. The van der Waals surface area contributed by atoms with Crippen molar-refractivity contribution in [2.45, 2.75) is 43.9 Å². The quantitative estimate of drug-likeness (QED) is 0.316. The summed E-state index contributed by atoms with van der Waals surface area (Å²) in [4.78, 5) is 28.2. The number of aliphatic hydroxyl groups is 1. The summed E-state index contributed by atoms with van der Waals surface area (Å²) < 4.78 is 48.2.